The van der Waals surface area contributed by atoms with Gasteiger partial charge in [-0.2, -0.15) is 11.8 Å². The summed E-state index contributed by atoms with van der Waals surface area (Å²) in [5, 5.41) is 14.9. The topological polar surface area (TPSA) is 67.1 Å². The fraction of sp³-hybridized carbons (Fsp3) is 0.500. The summed E-state index contributed by atoms with van der Waals surface area (Å²) in [6, 6.07) is 10.3. The molecule has 2 rings (SSSR count). The third-order valence-electron chi connectivity index (χ3n) is 3.74. The molecule has 144 valence electrons. The van der Waals surface area contributed by atoms with E-state index in [1.54, 1.807) is 6.33 Å². The lowest BCUT2D eigenvalue weighted by Crippen LogP contribution is -2.39. The fourth-order valence-electron chi connectivity index (χ4n) is 2.39. The quantitative estimate of drug-likeness (QED) is 0.233. The maximum absolute atomic E-state index is 4.70. The van der Waals surface area contributed by atoms with Crippen molar-refractivity contribution in [1.82, 2.24) is 25.4 Å². The van der Waals surface area contributed by atoms with Crippen molar-refractivity contribution in [2.24, 2.45) is 4.99 Å². The molecule has 0 atom stereocenters. The van der Waals surface area contributed by atoms with Crippen molar-refractivity contribution in [2.45, 2.75) is 32.9 Å². The molecule has 0 saturated heterocycles. The number of nitrogens with zero attached hydrogens (tertiary/aromatic N) is 4. The van der Waals surface area contributed by atoms with Crippen molar-refractivity contribution in [3.63, 3.8) is 0 Å². The standard InChI is InChI=1S/C18H28N6S.HI/c1-3-17-23-22-15-24(17)12-11-20-18(19-10-7-13-25-2)21-14-16-8-5-4-6-9-16;/h4-6,8-9,15H,3,7,10-14H2,1-2H3,(H2,19,20,21);1H. The minimum Gasteiger partial charge on any atom is -0.356 e. The molecule has 1 aromatic heterocycles. The molecule has 2 N–H and O–H groups in total. The van der Waals surface area contributed by atoms with E-state index < -0.39 is 0 Å². The lowest BCUT2D eigenvalue weighted by atomic mass is 10.2. The van der Waals surface area contributed by atoms with E-state index in [0.717, 1.165) is 50.0 Å². The Morgan fingerprint density at radius 3 is 2.69 bits per heavy atom. The van der Waals surface area contributed by atoms with Gasteiger partial charge >= 0.3 is 0 Å². The Hall–Kier alpha value is -1.29. The first-order chi connectivity index (χ1) is 12.3. The van der Waals surface area contributed by atoms with E-state index in [4.69, 9.17) is 4.99 Å². The summed E-state index contributed by atoms with van der Waals surface area (Å²) in [5.74, 6) is 3.02. The van der Waals surface area contributed by atoms with Crippen LogP contribution in [0.5, 0.6) is 0 Å². The molecule has 0 aliphatic heterocycles. The summed E-state index contributed by atoms with van der Waals surface area (Å²) < 4.78 is 2.08. The van der Waals surface area contributed by atoms with E-state index in [2.05, 4.69) is 50.7 Å². The normalized spacial score (nSPS) is 11.1. The average Bonchev–Trinajstić information content (AvgIpc) is 3.11. The molecule has 0 unspecified atom stereocenters. The molecule has 2 aromatic rings. The Balaban J connectivity index is 0.00000338. The van der Waals surface area contributed by atoms with Crippen LogP contribution in [0.15, 0.2) is 41.7 Å². The predicted molar refractivity (Wildman–Crippen MR) is 121 cm³/mol. The zero-order chi connectivity index (χ0) is 17.7. The van der Waals surface area contributed by atoms with E-state index in [1.165, 1.54) is 5.56 Å². The molecule has 0 amide bonds. The highest BCUT2D eigenvalue weighted by molar-refractivity contribution is 14.0. The van der Waals surface area contributed by atoms with Gasteiger partial charge in [0.05, 0.1) is 6.54 Å². The van der Waals surface area contributed by atoms with Crippen molar-refractivity contribution in [1.29, 1.82) is 0 Å². The predicted octanol–water partition coefficient (Wildman–Crippen LogP) is 2.95. The number of hydrogen-bond donors (Lipinski definition) is 2. The third-order valence-corrected chi connectivity index (χ3v) is 4.43. The van der Waals surface area contributed by atoms with E-state index in [-0.39, 0.29) is 24.0 Å². The maximum atomic E-state index is 4.70. The molecule has 0 fully saturated rings. The van der Waals surface area contributed by atoms with E-state index in [1.807, 2.05) is 30.0 Å². The van der Waals surface area contributed by atoms with Gasteiger partial charge in [0.25, 0.3) is 0 Å². The summed E-state index contributed by atoms with van der Waals surface area (Å²) in [4.78, 5) is 4.70. The van der Waals surface area contributed by atoms with Crippen LogP contribution in [0, 0.1) is 0 Å². The van der Waals surface area contributed by atoms with Crippen LogP contribution < -0.4 is 10.6 Å². The second-order valence-corrected chi connectivity index (χ2v) is 6.63. The molecule has 1 heterocycles. The van der Waals surface area contributed by atoms with E-state index in [9.17, 15) is 0 Å². The summed E-state index contributed by atoms with van der Waals surface area (Å²) in [6.07, 6.45) is 5.93. The van der Waals surface area contributed by atoms with Gasteiger partial charge in [-0.15, -0.1) is 34.2 Å². The summed E-state index contributed by atoms with van der Waals surface area (Å²) >= 11 is 1.87. The Kier molecular flexibility index (Phi) is 12.1. The van der Waals surface area contributed by atoms with Gasteiger partial charge in [-0.3, -0.25) is 0 Å². The molecule has 0 radical (unpaired) electrons. The van der Waals surface area contributed by atoms with Crippen molar-refractivity contribution in [2.75, 3.05) is 25.1 Å². The molecule has 0 bridgehead atoms. The second kappa shape index (κ2) is 13.9. The first-order valence-corrected chi connectivity index (χ1v) is 10.1. The van der Waals surface area contributed by atoms with Crippen LogP contribution in [-0.2, 0) is 19.5 Å². The minimum atomic E-state index is 0. The first-order valence-electron chi connectivity index (χ1n) is 8.75. The molecule has 6 nitrogen and oxygen atoms in total. The number of hydrogen-bond acceptors (Lipinski definition) is 4. The second-order valence-electron chi connectivity index (χ2n) is 5.64. The van der Waals surface area contributed by atoms with E-state index >= 15 is 0 Å². The van der Waals surface area contributed by atoms with Gasteiger partial charge in [0, 0.05) is 26.1 Å². The fourth-order valence-corrected chi connectivity index (χ4v) is 2.82. The number of nitrogens with one attached hydrogen (secondary N) is 2. The third kappa shape index (κ3) is 8.39. The van der Waals surface area contributed by atoms with Crippen molar-refractivity contribution < 1.29 is 0 Å². The van der Waals surface area contributed by atoms with Crippen molar-refractivity contribution in [3.05, 3.63) is 48.0 Å². The van der Waals surface area contributed by atoms with Gasteiger partial charge in [-0.25, -0.2) is 4.99 Å². The summed E-state index contributed by atoms with van der Waals surface area (Å²) in [6.45, 7) is 5.30. The molecule has 0 spiro atoms. The molecule has 26 heavy (non-hydrogen) atoms. The Bertz CT molecular complexity index is 632. The Morgan fingerprint density at radius 1 is 1.19 bits per heavy atom. The highest BCUT2D eigenvalue weighted by atomic mass is 127. The number of guanidine groups is 1. The number of aliphatic imine (C=N–C) groups is 1. The van der Waals surface area contributed by atoms with Crippen LogP contribution in [0.25, 0.3) is 0 Å². The van der Waals surface area contributed by atoms with Crippen LogP contribution in [0.1, 0.15) is 24.7 Å². The number of aromatic nitrogens is 3. The molecule has 1 aromatic carbocycles. The molecular formula is C18H29IN6S. The molecule has 8 heteroatoms. The van der Waals surface area contributed by atoms with E-state index in [0.29, 0.717) is 6.54 Å². The maximum Gasteiger partial charge on any atom is 0.191 e. The Morgan fingerprint density at radius 2 is 1.96 bits per heavy atom. The highest BCUT2D eigenvalue weighted by Gasteiger charge is 2.03. The van der Waals surface area contributed by atoms with Crippen LogP contribution in [0.2, 0.25) is 0 Å². The molecule has 0 aliphatic carbocycles. The van der Waals surface area contributed by atoms with Crippen LogP contribution in [0.4, 0.5) is 0 Å². The average molecular weight is 488 g/mol. The molecular weight excluding hydrogens is 459 g/mol. The smallest absolute Gasteiger partial charge is 0.191 e. The molecule has 0 aliphatic rings. The van der Waals surface area contributed by atoms with Gasteiger partial charge in [-0.05, 0) is 24.0 Å². The summed E-state index contributed by atoms with van der Waals surface area (Å²) in [5.41, 5.74) is 1.21. The van der Waals surface area contributed by atoms with Gasteiger partial charge in [-0.1, -0.05) is 37.3 Å². The minimum absolute atomic E-state index is 0. The zero-order valence-corrected chi connectivity index (χ0v) is 18.7. The lowest BCUT2D eigenvalue weighted by Gasteiger charge is -2.13. The van der Waals surface area contributed by atoms with Gasteiger partial charge in [0.15, 0.2) is 5.96 Å². The molecule has 0 saturated carbocycles. The van der Waals surface area contributed by atoms with Crippen molar-refractivity contribution in [3.8, 4) is 0 Å². The monoisotopic (exact) mass is 488 g/mol. The highest BCUT2D eigenvalue weighted by Crippen LogP contribution is 2.00. The number of aryl methyl sites for hydroxylation is 1. The largest absolute Gasteiger partial charge is 0.356 e. The van der Waals surface area contributed by atoms with Gasteiger partial charge < -0.3 is 15.2 Å². The number of benzene rings is 1. The summed E-state index contributed by atoms with van der Waals surface area (Å²) in [7, 11) is 0. The number of halogens is 1. The van der Waals surface area contributed by atoms with Crippen LogP contribution in [0.3, 0.4) is 0 Å². The van der Waals surface area contributed by atoms with Gasteiger partial charge in [0.1, 0.15) is 12.2 Å². The SMILES string of the molecule is CCc1nncn1CCNC(=NCc1ccccc1)NCCCSC.I. The van der Waals surface area contributed by atoms with Crippen LogP contribution in [-0.4, -0.2) is 45.8 Å². The van der Waals surface area contributed by atoms with Gasteiger partial charge in [0.2, 0.25) is 0 Å². The number of rotatable bonds is 10. The first kappa shape index (κ1) is 22.8. The Labute approximate surface area is 177 Å². The number of thioether (sulfide) groups is 1. The zero-order valence-electron chi connectivity index (χ0n) is 15.5. The lowest BCUT2D eigenvalue weighted by molar-refractivity contribution is 0.631. The van der Waals surface area contributed by atoms with Crippen LogP contribution >= 0.6 is 35.7 Å². The van der Waals surface area contributed by atoms with Crippen molar-refractivity contribution >= 4 is 41.7 Å².